The van der Waals surface area contributed by atoms with Crippen LogP contribution in [0.15, 0.2) is 23.9 Å². The highest BCUT2D eigenvalue weighted by Crippen LogP contribution is 2.03. The molecule has 0 amide bonds. The first kappa shape index (κ1) is 12.0. The molecule has 0 aliphatic rings. The lowest BCUT2D eigenvalue weighted by Crippen LogP contribution is -1.84. The summed E-state index contributed by atoms with van der Waals surface area (Å²) < 4.78 is 0. The Morgan fingerprint density at radius 3 is 2.40 bits per heavy atom. The van der Waals surface area contributed by atoms with Crippen LogP contribution >= 0.6 is 0 Å². The van der Waals surface area contributed by atoms with Gasteiger partial charge >= 0.3 is 0 Å². The smallest absolute Gasteiger partial charge is 0.00298 e. The maximum atomic E-state index is 5.33. The highest BCUT2D eigenvalue weighted by Gasteiger charge is 1.85. The molecule has 0 bridgehead atoms. The normalized spacial score (nSPS) is 11.6. The highest BCUT2D eigenvalue weighted by atomic mass is 14.5. The first-order chi connectivity index (χ1) is 4.35. The molecule has 0 radical (unpaired) electrons. The molecule has 0 fully saturated rings. The van der Waals surface area contributed by atoms with Crippen molar-refractivity contribution in [2.24, 2.45) is 5.73 Å². The summed E-state index contributed by atoms with van der Waals surface area (Å²) in [6, 6.07) is 0. The van der Waals surface area contributed by atoms with Crippen LogP contribution < -0.4 is 5.73 Å². The van der Waals surface area contributed by atoms with Crippen molar-refractivity contribution in [3.8, 4) is 0 Å². The van der Waals surface area contributed by atoms with Crippen molar-refractivity contribution < 1.29 is 0 Å². The van der Waals surface area contributed by atoms with Gasteiger partial charge in [0.1, 0.15) is 0 Å². The van der Waals surface area contributed by atoms with E-state index >= 15 is 0 Å². The molecular formula is C9H19N. The first-order valence-corrected chi connectivity index (χ1v) is 3.38. The fourth-order valence-electron chi connectivity index (χ4n) is 0.725. The van der Waals surface area contributed by atoms with Crippen LogP contribution in [0.3, 0.4) is 0 Å². The van der Waals surface area contributed by atoms with Crippen molar-refractivity contribution in [3.05, 3.63) is 23.9 Å². The second-order valence-corrected chi connectivity index (χ2v) is 1.99. The van der Waals surface area contributed by atoms with Crippen LogP contribution in [0.4, 0.5) is 0 Å². The summed E-state index contributed by atoms with van der Waals surface area (Å²) in [4.78, 5) is 0. The van der Waals surface area contributed by atoms with Crippen molar-refractivity contribution in [2.45, 2.75) is 34.1 Å². The summed E-state index contributed by atoms with van der Waals surface area (Å²) in [6.07, 6.45) is 7.97. The number of rotatable bonds is 3. The molecule has 0 aromatic heterocycles. The van der Waals surface area contributed by atoms with Crippen molar-refractivity contribution in [3.63, 3.8) is 0 Å². The van der Waals surface area contributed by atoms with Crippen LogP contribution in [0.2, 0.25) is 0 Å². The van der Waals surface area contributed by atoms with E-state index < -0.39 is 0 Å². The molecule has 0 atom stereocenters. The summed E-state index contributed by atoms with van der Waals surface area (Å²) in [5, 5.41) is 0. The fraction of sp³-hybridized carbons (Fsp3) is 0.556. The Labute approximate surface area is 64.6 Å². The third kappa shape index (κ3) is 5.42. The van der Waals surface area contributed by atoms with Crippen LogP contribution in [0, 0.1) is 0 Å². The molecule has 0 aliphatic heterocycles. The number of nitrogens with two attached hydrogens (primary N) is 1. The summed E-state index contributed by atoms with van der Waals surface area (Å²) in [5.41, 5.74) is 6.55. The minimum atomic E-state index is 0. The molecule has 0 spiro atoms. The van der Waals surface area contributed by atoms with Gasteiger partial charge in [-0.1, -0.05) is 32.9 Å². The van der Waals surface area contributed by atoms with Crippen LogP contribution in [0.5, 0.6) is 0 Å². The van der Waals surface area contributed by atoms with E-state index in [1.807, 2.05) is 19.1 Å². The zero-order valence-electron chi connectivity index (χ0n) is 6.22. The standard InChI is InChI=1S/C8H15N.CH4/c1-3-5-8(7-9)6-4-2;/h3,5,7H,4,6,9H2,1-2H3;1H4/b5-3-,8-7+;. The lowest BCUT2D eigenvalue weighted by molar-refractivity contribution is 0.922. The maximum absolute atomic E-state index is 5.33. The monoisotopic (exact) mass is 141 g/mol. The van der Waals surface area contributed by atoms with Gasteiger partial charge in [0.25, 0.3) is 0 Å². The Kier molecular flexibility index (Phi) is 9.94. The van der Waals surface area contributed by atoms with E-state index in [0.717, 1.165) is 12.8 Å². The second kappa shape index (κ2) is 8.28. The fourth-order valence-corrected chi connectivity index (χ4v) is 0.725. The van der Waals surface area contributed by atoms with Gasteiger partial charge in [-0.2, -0.15) is 0 Å². The van der Waals surface area contributed by atoms with E-state index in [1.54, 1.807) is 6.20 Å². The van der Waals surface area contributed by atoms with E-state index in [1.165, 1.54) is 5.57 Å². The molecule has 2 N–H and O–H groups in total. The number of allylic oxidation sites excluding steroid dienone is 3. The molecular weight excluding hydrogens is 122 g/mol. The minimum Gasteiger partial charge on any atom is -0.404 e. The lowest BCUT2D eigenvalue weighted by Gasteiger charge is -1.94. The quantitative estimate of drug-likeness (QED) is 0.601. The van der Waals surface area contributed by atoms with Gasteiger partial charge < -0.3 is 5.73 Å². The van der Waals surface area contributed by atoms with Crippen LogP contribution in [0.1, 0.15) is 34.1 Å². The molecule has 0 aromatic carbocycles. The predicted octanol–water partition coefficient (Wildman–Crippen LogP) is 2.84. The van der Waals surface area contributed by atoms with Crippen LogP contribution in [0.25, 0.3) is 0 Å². The van der Waals surface area contributed by atoms with Gasteiger partial charge in [-0.25, -0.2) is 0 Å². The van der Waals surface area contributed by atoms with Gasteiger partial charge in [-0.3, -0.25) is 0 Å². The summed E-state index contributed by atoms with van der Waals surface area (Å²) in [5.74, 6) is 0. The van der Waals surface area contributed by atoms with Crippen molar-refractivity contribution in [1.82, 2.24) is 0 Å². The third-order valence-electron chi connectivity index (χ3n) is 1.13. The lowest BCUT2D eigenvalue weighted by atomic mass is 10.1. The average Bonchev–Trinajstić information content (AvgIpc) is 1.88. The molecule has 0 aromatic rings. The van der Waals surface area contributed by atoms with Gasteiger partial charge in [0.2, 0.25) is 0 Å². The Bertz CT molecular complexity index is 112. The third-order valence-corrected chi connectivity index (χ3v) is 1.13. The predicted molar refractivity (Wildman–Crippen MR) is 48.7 cm³/mol. The van der Waals surface area contributed by atoms with Crippen LogP contribution in [-0.2, 0) is 0 Å². The van der Waals surface area contributed by atoms with E-state index in [9.17, 15) is 0 Å². The summed E-state index contributed by atoms with van der Waals surface area (Å²) in [7, 11) is 0. The molecule has 0 heterocycles. The van der Waals surface area contributed by atoms with Gasteiger partial charge in [-0.05, 0) is 25.1 Å². The van der Waals surface area contributed by atoms with Gasteiger partial charge in [-0.15, -0.1) is 0 Å². The number of hydrogen-bond acceptors (Lipinski definition) is 1. The van der Waals surface area contributed by atoms with Gasteiger partial charge in [0, 0.05) is 0 Å². The molecule has 0 rings (SSSR count). The van der Waals surface area contributed by atoms with E-state index in [-0.39, 0.29) is 7.43 Å². The van der Waals surface area contributed by atoms with Crippen molar-refractivity contribution >= 4 is 0 Å². The summed E-state index contributed by atoms with van der Waals surface area (Å²) >= 11 is 0. The number of hydrogen-bond donors (Lipinski definition) is 1. The second-order valence-electron chi connectivity index (χ2n) is 1.99. The van der Waals surface area contributed by atoms with Gasteiger partial charge in [0.15, 0.2) is 0 Å². The van der Waals surface area contributed by atoms with Crippen molar-refractivity contribution in [1.29, 1.82) is 0 Å². The van der Waals surface area contributed by atoms with Gasteiger partial charge in [0.05, 0.1) is 0 Å². The molecule has 0 aliphatic carbocycles. The molecule has 1 heteroatoms. The summed E-state index contributed by atoms with van der Waals surface area (Å²) in [6.45, 7) is 4.15. The molecule has 0 unspecified atom stereocenters. The Morgan fingerprint density at radius 1 is 1.50 bits per heavy atom. The SMILES string of the molecule is C.C/C=C\C(=C/N)CCC. The molecule has 60 valence electrons. The molecule has 10 heavy (non-hydrogen) atoms. The first-order valence-electron chi connectivity index (χ1n) is 3.38. The molecule has 0 saturated heterocycles. The van der Waals surface area contributed by atoms with E-state index in [0.29, 0.717) is 0 Å². The van der Waals surface area contributed by atoms with Crippen molar-refractivity contribution in [2.75, 3.05) is 0 Å². The zero-order chi connectivity index (χ0) is 7.11. The Hall–Kier alpha value is -0.720. The molecule has 1 nitrogen and oxygen atoms in total. The van der Waals surface area contributed by atoms with E-state index in [2.05, 4.69) is 6.92 Å². The largest absolute Gasteiger partial charge is 0.404 e. The zero-order valence-corrected chi connectivity index (χ0v) is 6.22. The van der Waals surface area contributed by atoms with Crippen LogP contribution in [-0.4, -0.2) is 0 Å². The highest BCUT2D eigenvalue weighted by molar-refractivity contribution is 5.16. The minimum absolute atomic E-state index is 0. The topological polar surface area (TPSA) is 26.0 Å². The average molecular weight is 141 g/mol. The molecule has 0 saturated carbocycles. The Balaban J connectivity index is 0. The Morgan fingerprint density at radius 2 is 2.10 bits per heavy atom. The van der Waals surface area contributed by atoms with E-state index in [4.69, 9.17) is 5.73 Å². The maximum Gasteiger partial charge on any atom is -0.00298 e.